The first kappa shape index (κ1) is 17.7. The van der Waals surface area contributed by atoms with Crippen LogP contribution < -0.4 is 4.74 Å². The summed E-state index contributed by atoms with van der Waals surface area (Å²) in [5.74, 6) is -0.137. The number of carboxylic acids is 1. The van der Waals surface area contributed by atoms with E-state index in [1.807, 2.05) is 30.3 Å². The summed E-state index contributed by atoms with van der Waals surface area (Å²) in [6.07, 6.45) is 2.45. The molecule has 0 saturated carbocycles. The van der Waals surface area contributed by atoms with E-state index < -0.39 is 12.0 Å². The summed E-state index contributed by atoms with van der Waals surface area (Å²) in [6.45, 7) is 5.41. The molecule has 6 nitrogen and oxygen atoms in total. The molecule has 1 spiro atoms. The molecule has 25 heavy (non-hydrogen) atoms. The van der Waals surface area contributed by atoms with E-state index in [1.54, 1.807) is 0 Å². The molecule has 0 aromatic heterocycles. The zero-order chi connectivity index (χ0) is 17.9. The maximum Gasteiger partial charge on any atom is 0.326 e. The summed E-state index contributed by atoms with van der Waals surface area (Å²) in [6, 6.07) is 9.12. The number of amides is 1. The third kappa shape index (κ3) is 4.12. The molecule has 0 aliphatic carbocycles. The highest BCUT2D eigenvalue weighted by atomic mass is 16.5. The van der Waals surface area contributed by atoms with Crippen LogP contribution in [0.2, 0.25) is 0 Å². The Labute approximate surface area is 148 Å². The second-order valence-electron chi connectivity index (χ2n) is 7.21. The molecule has 0 bridgehead atoms. The standard InChI is InChI=1S/C19H26N2O4/c1-15(22)21-14-19(13-17(21)18(23)24)7-9-20(10-8-19)11-12-25-16-5-3-2-4-6-16/h2-6,17H,7-14H2,1H3,(H,23,24). The lowest BCUT2D eigenvalue weighted by Crippen LogP contribution is -2.43. The van der Waals surface area contributed by atoms with Gasteiger partial charge in [0.1, 0.15) is 18.4 Å². The molecule has 2 aliphatic rings. The normalized spacial score (nSPS) is 22.9. The van der Waals surface area contributed by atoms with Crippen LogP contribution in [-0.2, 0) is 9.59 Å². The van der Waals surface area contributed by atoms with Gasteiger partial charge in [0, 0.05) is 20.0 Å². The number of nitrogens with zero attached hydrogens (tertiary/aromatic N) is 2. The predicted molar refractivity (Wildman–Crippen MR) is 93.5 cm³/mol. The summed E-state index contributed by atoms with van der Waals surface area (Å²) in [5, 5.41) is 9.40. The maximum absolute atomic E-state index is 11.8. The highest BCUT2D eigenvalue weighted by Gasteiger charge is 2.48. The first-order chi connectivity index (χ1) is 12.0. The van der Waals surface area contributed by atoms with Gasteiger partial charge in [-0.15, -0.1) is 0 Å². The summed E-state index contributed by atoms with van der Waals surface area (Å²) in [7, 11) is 0. The number of hydrogen-bond donors (Lipinski definition) is 1. The van der Waals surface area contributed by atoms with Crippen LogP contribution in [0.25, 0.3) is 0 Å². The Kier molecular flexibility index (Phi) is 5.27. The Morgan fingerprint density at radius 1 is 1.24 bits per heavy atom. The number of aliphatic carboxylic acids is 1. The minimum atomic E-state index is -0.884. The van der Waals surface area contributed by atoms with Gasteiger partial charge in [0.2, 0.25) is 5.91 Å². The van der Waals surface area contributed by atoms with Crippen LogP contribution in [0, 0.1) is 5.41 Å². The molecule has 136 valence electrons. The van der Waals surface area contributed by atoms with Crippen LogP contribution in [-0.4, -0.2) is 65.6 Å². The van der Waals surface area contributed by atoms with Gasteiger partial charge in [0.15, 0.2) is 0 Å². The lowest BCUT2D eigenvalue weighted by molar-refractivity contribution is -0.147. The summed E-state index contributed by atoms with van der Waals surface area (Å²) in [4.78, 5) is 27.1. The van der Waals surface area contributed by atoms with E-state index in [4.69, 9.17) is 4.74 Å². The summed E-state index contributed by atoms with van der Waals surface area (Å²) in [5.41, 5.74) is -0.0362. The molecule has 1 amide bonds. The van der Waals surface area contributed by atoms with Crippen LogP contribution in [0.5, 0.6) is 5.75 Å². The third-order valence-corrected chi connectivity index (χ3v) is 5.53. The fourth-order valence-electron chi connectivity index (χ4n) is 4.03. The van der Waals surface area contributed by atoms with Crippen molar-refractivity contribution in [2.75, 3.05) is 32.8 Å². The largest absolute Gasteiger partial charge is 0.492 e. The van der Waals surface area contributed by atoms with Gasteiger partial charge in [-0.05, 0) is 49.9 Å². The maximum atomic E-state index is 11.8. The van der Waals surface area contributed by atoms with Crippen LogP contribution in [0.4, 0.5) is 0 Å². The minimum Gasteiger partial charge on any atom is -0.492 e. The van der Waals surface area contributed by atoms with Crippen molar-refractivity contribution in [3.05, 3.63) is 30.3 Å². The molecule has 1 aromatic rings. The average molecular weight is 346 g/mol. The van der Waals surface area contributed by atoms with Gasteiger partial charge in [-0.2, -0.15) is 0 Å². The number of benzene rings is 1. The molecule has 2 fully saturated rings. The molecule has 2 saturated heterocycles. The second-order valence-corrected chi connectivity index (χ2v) is 7.21. The SMILES string of the molecule is CC(=O)N1CC2(CCN(CCOc3ccccc3)CC2)CC1C(=O)O. The minimum absolute atomic E-state index is 0.0362. The molecule has 1 N–H and O–H groups in total. The number of carboxylic acid groups (broad SMARTS) is 1. The molecule has 2 aliphatic heterocycles. The summed E-state index contributed by atoms with van der Waals surface area (Å²) >= 11 is 0. The van der Waals surface area contributed by atoms with E-state index >= 15 is 0 Å². The Morgan fingerprint density at radius 2 is 1.92 bits per heavy atom. The monoisotopic (exact) mass is 346 g/mol. The number of piperidine rings is 1. The number of para-hydroxylation sites is 1. The molecular formula is C19H26N2O4. The molecular weight excluding hydrogens is 320 g/mol. The molecule has 0 radical (unpaired) electrons. The van der Waals surface area contributed by atoms with Crippen LogP contribution in [0.1, 0.15) is 26.2 Å². The topological polar surface area (TPSA) is 70.1 Å². The van der Waals surface area contributed by atoms with E-state index in [9.17, 15) is 14.7 Å². The second kappa shape index (κ2) is 7.44. The Morgan fingerprint density at radius 3 is 2.48 bits per heavy atom. The van der Waals surface area contributed by atoms with Crippen molar-refractivity contribution in [2.24, 2.45) is 5.41 Å². The quantitative estimate of drug-likeness (QED) is 0.881. The van der Waals surface area contributed by atoms with Gasteiger partial charge < -0.3 is 14.7 Å². The van der Waals surface area contributed by atoms with Gasteiger partial charge in [-0.1, -0.05) is 18.2 Å². The van der Waals surface area contributed by atoms with E-state index in [2.05, 4.69) is 4.90 Å². The molecule has 2 heterocycles. The van der Waals surface area contributed by atoms with Gasteiger partial charge in [0.25, 0.3) is 0 Å². The average Bonchev–Trinajstić information content (AvgIpc) is 2.98. The first-order valence-electron chi connectivity index (χ1n) is 8.89. The first-order valence-corrected chi connectivity index (χ1v) is 8.89. The van der Waals surface area contributed by atoms with E-state index in [1.165, 1.54) is 11.8 Å². The third-order valence-electron chi connectivity index (χ3n) is 5.53. The molecule has 1 atom stereocenters. The number of rotatable bonds is 5. The van der Waals surface area contributed by atoms with Crippen molar-refractivity contribution in [3.63, 3.8) is 0 Å². The number of likely N-dealkylation sites (tertiary alicyclic amines) is 2. The fourth-order valence-corrected chi connectivity index (χ4v) is 4.03. The van der Waals surface area contributed by atoms with Crippen LogP contribution >= 0.6 is 0 Å². The Bertz CT molecular complexity index is 587. The number of ether oxygens (including phenoxy) is 1. The van der Waals surface area contributed by atoms with Gasteiger partial charge in [-0.25, -0.2) is 4.79 Å². The number of carbonyl (C=O) groups is 2. The van der Waals surface area contributed by atoms with E-state index in [-0.39, 0.29) is 11.3 Å². The van der Waals surface area contributed by atoms with Crippen molar-refractivity contribution in [2.45, 2.75) is 32.2 Å². The summed E-state index contributed by atoms with van der Waals surface area (Å²) < 4.78 is 5.75. The highest BCUT2D eigenvalue weighted by Crippen LogP contribution is 2.43. The zero-order valence-electron chi connectivity index (χ0n) is 14.7. The smallest absolute Gasteiger partial charge is 0.326 e. The van der Waals surface area contributed by atoms with E-state index in [0.717, 1.165) is 38.2 Å². The Hall–Kier alpha value is -2.08. The van der Waals surface area contributed by atoms with Crippen molar-refractivity contribution < 1.29 is 19.4 Å². The van der Waals surface area contributed by atoms with Crippen molar-refractivity contribution in [1.82, 2.24) is 9.80 Å². The molecule has 1 unspecified atom stereocenters. The number of carbonyl (C=O) groups excluding carboxylic acids is 1. The van der Waals surface area contributed by atoms with Gasteiger partial charge >= 0.3 is 5.97 Å². The van der Waals surface area contributed by atoms with Crippen molar-refractivity contribution >= 4 is 11.9 Å². The van der Waals surface area contributed by atoms with Crippen molar-refractivity contribution in [3.8, 4) is 5.75 Å². The molecule has 1 aromatic carbocycles. The fraction of sp³-hybridized carbons (Fsp3) is 0.579. The number of hydrogen-bond acceptors (Lipinski definition) is 4. The lowest BCUT2D eigenvalue weighted by Gasteiger charge is -2.39. The highest BCUT2D eigenvalue weighted by molar-refractivity contribution is 5.83. The van der Waals surface area contributed by atoms with Gasteiger partial charge in [0.05, 0.1) is 0 Å². The van der Waals surface area contributed by atoms with E-state index in [0.29, 0.717) is 19.6 Å². The van der Waals surface area contributed by atoms with Crippen LogP contribution in [0.3, 0.4) is 0 Å². The predicted octanol–water partition coefficient (Wildman–Crippen LogP) is 1.85. The Balaban J connectivity index is 1.48. The van der Waals surface area contributed by atoms with Crippen LogP contribution in [0.15, 0.2) is 30.3 Å². The zero-order valence-corrected chi connectivity index (χ0v) is 14.7. The van der Waals surface area contributed by atoms with Gasteiger partial charge in [-0.3, -0.25) is 9.69 Å². The van der Waals surface area contributed by atoms with Crippen molar-refractivity contribution in [1.29, 1.82) is 0 Å². The lowest BCUT2D eigenvalue weighted by atomic mass is 9.76. The molecule has 3 rings (SSSR count). The molecule has 6 heteroatoms.